The molecule has 0 unspecified atom stereocenters. The summed E-state index contributed by atoms with van der Waals surface area (Å²) in [5, 5.41) is 3.44. The van der Waals surface area contributed by atoms with Crippen molar-refractivity contribution in [2.75, 3.05) is 28.4 Å². The highest BCUT2D eigenvalue weighted by Gasteiger charge is 2.42. The highest BCUT2D eigenvalue weighted by Crippen LogP contribution is 2.49. The topological polar surface area (TPSA) is 92.3 Å². The second kappa shape index (κ2) is 12.3. The number of carbonyl (C=O) groups is 2. The zero-order valence-corrected chi connectivity index (χ0v) is 24.5. The fourth-order valence-electron chi connectivity index (χ4n) is 6.42. The third kappa shape index (κ3) is 5.65. The van der Waals surface area contributed by atoms with E-state index in [-0.39, 0.29) is 17.8 Å². The van der Waals surface area contributed by atoms with Gasteiger partial charge in [-0.1, -0.05) is 18.6 Å². The molecule has 2 atom stereocenters. The van der Waals surface area contributed by atoms with Crippen LogP contribution in [0.5, 0.6) is 23.0 Å². The van der Waals surface area contributed by atoms with E-state index in [0.717, 1.165) is 49.1 Å². The van der Waals surface area contributed by atoms with E-state index in [1.165, 1.54) is 0 Å². The summed E-state index contributed by atoms with van der Waals surface area (Å²) < 4.78 is 28.2. The molecule has 218 valence electrons. The largest absolute Gasteiger partial charge is 0.497 e. The second-order valence-electron chi connectivity index (χ2n) is 10.9. The van der Waals surface area contributed by atoms with Gasteiger partial charge in [0.25, 0.3) is 0 Å². The van der Waals surface area contributed by atoms with Gasteiger partial charge in [-0.25, -0.2) is 4.79 Å². The number of ether oxygens (including phenoxy) is 5. The van der Waals surface area contributed by atoms with Crippen LogP contribution in [0.4, 0.5) is 0 Å². The van der Waals surface area contributed by atoms with Crippen molar-refractivity contribution in [1.29, 1.82) is 0 Å². The minimum absolute atomic E-state index is 0.00351. The average molecular weight is 562 g/mol. The summed E-state index contributed by atoms with van der Waals surface area (Å²) in [7, 11) is 6.29. The van der Waals surface area contributed by atoms with Gasteiger partial charge in [0.05, 0.1) is 34.0 Å². The minimum Gasteiger partial charge on any atom is -0.497 e. The number of carbonyl (C=O) groups excluding carboxylic acids is 2. The van der Waals surface area contributed by atoms with Crippen LogP contribution < -0.4 is 24.3 Å². The number of benzene rings is 2. The van der Waals surface area contributed by atoms with Crippen LogP contribution >= 0.6 is 0 Å². The number of esters is 1. The summed E-state index contributed by atoms with van der Waals surface area (Å²) in [6.45, 7) is 1.88. The lowest BCUT2D eigenvalue weighted by Crippen LogP contribution is -2.37. The Morgan fingerprint density at radius 3 is 2.07 bits per heavy atom. The van der Waals surface area contributed by atoms with E-state index < -0.39 is 11.9 Å². The fraction of sp³-hybridized carbons (Fsp3) is 0.455. The van der Waals surface area contributed by atoms with Gasteiger partial charge in [-0.15, -0.1) is 0 Å². The molecular weight excluding hydrogens is 522 g/mol. The molecule has 1 saturated carbocycles. The Kier molecular flexibility index (Phi) is 8.57. The molecule has 8 heteroatoms. The molecule has 0 bridgehead atoms. The highest BCUT2D eigenvalue weighted by molar-refractivity contribution is 6.04. The fourth-order valence-corrected chi connectivity index (χ4v) is 6.42. The Bertz CT molecular complexity index is 1340. The predicted octanol–water partition coefficient (Wildman–Crippen LogP) is 5.96. The average Bonchev–Trinajstić information content (AvgIpc) is 2.99. The number of rotatable bonds is 8. The van der Waals surface area contributed by atoms with Crippen molar-refractivity contribution < 1.29 is 33.3 Å². The number of ketones is 1. The Hall–Kier alpha value is -3.94. The zero-order valence-electron chi connectivity index (χ0n) is 24.5. The SMILES string of the molecule is COc1ccc([C@H]2CC(=O)C3=C(C2)NC(C)=C(C(=O)OC2CCCCC2)[C@@H]3c2cc(OC)c(OC)c(OC)c2)cc1. The summed E-state index contributed by atoms with van der Waals surface area (Å²) in [5.74, 6) is 1.10. The minimum atomic E-state index is -0.639. The lowest BCUT2D eigenvalue weighted by molar-refractivity contribution is -0.146. The zero-order chi connectivity index (χ0) is 29.1. The third-order valence-corrected chi connectivity index (χ3v) is 8.48. The van der Waals surface area contributed by atoms with Crippen molar-refractivity contribution in [3.63, 3.8) is 0 Å². The molecule has 8 nitrogen and oxygen atoms in total. The summed E-state index contributed by atoms with van der Waals surface area (Å²) in [4.78, 5) is 27.9. The summed E-state index contributed by atoms with van der Waals surface area (Å²) in [6.07, 6.45) is 5.82. The first kappa shape index (κ1) is 28.6. The van der Waals surface area contributed by atoms with E-state index in [4.69, 9.17) is 23.7 Å². The van der Waals surface area contributed by atoms with E-state index >= 15 is 0 Å². The Morgan fingerprint density at radius 1 is 0.829 bits per heavy atom. The molecule has 0 amide bonds. The van der Waals surface area contributed by atoms with E-state index in [9.17, 15) is 9.59 Å². The van der Waals surface area contributed by atoms with Gasteiger partial charge in [0.1, 0.15) is 11.9 Å². The first-order chi connectivity index (χ1) is 19.9. The molecule has 0 aromatic heterocycles. The van der Waals surface area contributed by atoms with Crippen LogP contribution in [0.15, 0.2) is 58.9 Å². The number of methoxy groups -OCH3 is 4. The van der Waals surface area contributed by atoms with Crippen molar-refractivity contribution in [3.8, 4) is 23.0 Å². The van der Waals surface area contributed by atoms with Gasteiger partial charge in [0.15, 0.2) is 17.3 Å². The maximum absolute atomic E-state index is 14.0. The Labute approximate surface area is 241 Å². The van der Waals surface area contributed by atoms with Gasteiger partial charge in [-0.2, -0.15) is 0 Å². The molecule has 0 saturated heterocycles. The monoisotopic (exact) mass is 561 g/mol. The second-order valence-corrected chi connectivity index (χ2v) is 10.9. The predicted molar refractivity (Wildman–Crippen MR) is 155 cm³/mol. The van der Waals surface area contributed by atoms with Crippen LogP contribution in [-0.4, -0.2) is 46.3 Å². The van der Waals surface area contributed by atoms with E-state index in [0.29, 0.717) is 52.5 Å². The molecule has 0 spiro atoms. The summed E-state index contributed by atoms with van der Waals surface area (Å²) in [5.41, 5.74) is 4.32. The molecule has 0 radical (unpaired) electrons. The lowest BCUT2D eigenvalue weighted by Gasteiger charge is -2.37. The molecule has 1 N–H and O–H groups in total. The first-order valence-electron chi connectivity index (χ1n) is 14.3. The molecule has 41 heavy (non-hydrogen) atoms. The summed E-state index contributed by atoms with van der Waals surface area (Å²) in [6, 6.07) is 11.5. The van der Waals surface area contributed by atoms with Crippen LogP contribution in [-0.2, 0) is 14.3 Å². The van der Waals surface area contributed by atoms with Gasteiger partial charge >= 0.3 is 5.97 Å². The molecule has 5 rings (SSSR count). The first-order valence-corrected chi connectivity index (χ1v) is 14.3. The van der Waals surface area contributed by atoms with Crippen LogP contribution in [0.1, 0.15) is 74.8 Å². The van der Waals surface area contributed by atoms with Gasteiger partial charge in [0, 0.05) is 29.3 Å². The van der Waals surface area contributed by atoms with Crippen LogP contribution in [0.3, 0.4) is 0 Å². The number of Topliss-reactive ketones (excluding diaryl/α,β-unsaturated/α-hetero) is 1. The van der Waals surface area contributed by atoms with E-state index in [1.807, 2.05) is 43.3 Å². The quantitative estimate of drug-likeness (QED) is 0.395. The number of dihydropyridines is 1. The van der Waals surface area contributed by atoms with Crippen molar-refractivity contribution in [2.24, 2.45) is 0 Å². The standard InChI is InChI=1S/C33H39NO7/c1-19-29(33(36)41-24-9-7-6-8-10-24)30(22-17-27(38-3)32(40-5)28(18-22)39-4)31-25(34-19)15-21(16-26(31)35)20-11-13-23(37-2)14-12-20/h11-14,17-18,21,24,30,34H,6-10,15-16H2,1-5H3/t21-,30+/m1/s1. The molecule has 2 aromatic rings. The molecular formula is C33H39NO7. The van der Waals surface area contributed by atoms with Crippen LogP contribution in [0.2, 0.25) is 0 Å². The highest BCUT2D eigenvalue weighted by atomic mass is 16.5. The van der Waals surface area contributed by atoms with E-state index in [1.54, 1.807) is 28.4 Å². The van der Waals surface area contributed by atoms with Crippen molar-refractivity contribution >= 4 is 11.8 Å². The molecule has 3 aliphatic rings. The number of nitrogens with one attached hydrogen (secondary N) is 1. The number of allylic oxidation sites excluding steroid dienone is 3. The third-order valence-electron chi connectivity index (χ3n) is 8.48. The lowest BCUT2D eigenvalue weighted by atomic mass is 9.71. The number of hydrogen-bond donors (Lipinski definition) is 1. The molecule has 1 fully saturated rings. The van der Waals surface area contributed by atoms with E-state index in [2.05, 4.69) is 5.32 Å². The van der Waals surface area contributed by atoms with Crippen LogP contribution in [0, 0.1) is 0 Å². The molecule has 1 heterocycles. The maximum atomic E-state index is 14.0. The smallest absolute Gasteiger partial charge is 0.337 e. The van der Waals surface area contributed by atoms with Crippen molar-refractivity contribution in [3.05, 3.63) is 70.1 Å². The van der Waals surface area contributed by atoms with Gasteiger partial charge in [-0.05, 0) is 80.3 Å². The van der Waals surface area contributed by atoms with Crippen LogP contribution in [0.25, 0.3) is 0 Å². The Balaban J connectivity index is 1.59. The maximum Gasteiger partial charge on any atom is 0.337 e. The van der Waals surface area contributed by atoms with Crippen molar-refractivity contribution in [1.82, 2.24) is 5.32 Å². The number of hydrogen-bond acceptors (Lipinski definition) is 8. The van der Waals surface area contributed by atoms with Gasteiger partial charge in [0.2, 0.25) is 5.75 Å². The summed E-state index contributed by atoms with van der Waals surface area (Å²) >= 11 is 0. The molecule has 2 aliphatic carbocycles. The molecule has 1 aliphatic heterocycles. The molecule has 2 aromatic carbocycles. The normalized spacial score (nSPS) is 21.1. The van der Waals surface area contributed by atoms with Gasteiger partial charge < -0.3 is 29.0 Å². The Morgan fingerprint density at radius 2 is 1.49 bits per heavy atom. The van der Waals surface area contributed by atoms with Gasteiger partial charge in [-0.3, -0.25) is 4.79 Å². The van der Waals surface area contributed by atoms with Crippen molar-refractivity contribution in [2.45, 2.75) is 69.8 Å².